The molecule has 102 valence electrons. The first-order chi connectivity index (χ1) is 8.99. The lowest BCUT2D eigenvalue weighted by Crippen LogP contribution is -2.31. The van der Waals surface area contributed by atoms with Crippen molar-refractivity contribution in [2.75, 3.05) is 19.6 Å². The second kappa shape index (κ2) is 7.06. The van der Waals surface area contributed by atoms with Gasteiger partial charge in [-0.25, -0.2) is 0 Å². The van der Waals surface area contributed by atoms with Crippen LogP contribution in [0.15, 0.2) is 12.1 Å². The van der Waals surface area contributed by atoms with Crippen LogP contribution in [0.3, 0.4) is 0 Å². The van der Waals surface area contributed by atoms with Crippen LogP contribution in [-0.2, 0) is 0 Å². The molecule has 0 aliphatic heterocycles. The van der Waals surface area contributed by atoms with Gasteiger partial charge in [-0.05, 0) is 38.4 Å². The minimum atomic E-state index is 0.148. The molecular formula is C16H22N2O. The Bertz CT molecular complexity index is 477. The van der Waals surface area contributed by atoms with E-state index in [1.807, 2.05) is 44.7 Å². The predicted octanol–water partition coefficient (Wildman–Crippen LogP) is 3.03. The fourth-order valence-electron chi connectivity index (χ4n) is 2.46. The zero-order valence-electron chi connectivity index (χ0n) is 12.3. The van der Waals surface area contributed by atoms with Crippen LogP contribution in [-0.4, -0.2) is 30.3 Å². The Morgan fingerprint density at radius 1 is 1.26 bits per heavy atom. The van der Waals surface area contributed by atoms with Gasteiger partial charge in [0, 0.05) is 18.5 Å². The summed E-state index contributed by atoms with van der Waals surface area (Å²) < 4.78 is 0. The molecule has 0 saturated heterocycles. The Kier molecular flexibility index (Phi) is 5.72. The third-order valence-corrected chi connectivity index (χ3v) is 3.31. The monoisotopic (exact) mass is 258 g/mol. The van der Waals surface area contributed by atoms with Crippen LogP contribution in [0.4, 0.5) is 0 Å². The Labute approximate surface area is 115 Å². The van der Waals surface area contributed by atoms with E-state index in [2.05, 4.69) is 6.07 Å². The van der Waals surface area contributed by atoms with Crippen LogP contribution in [0.25, 0.3) is 0 Å². The van der Waals surface area contributed by atoms with Crippen LogP contribution in [0.5, 0.6) is 0 Å². The fraction of sp³-hybridized carbons (Fsp3) is 0.500. The molecule has 1 aromatic carbocycles. The molecule has 0 aromatic heterocycles. The van der Waals surface area contributed by atoms with E-state index in [1.165, 1.54) is 5.56 Å². The van der Waals surface area contributed by atoms with Gasteiger partial charge < -0.3 is 0 Å². The minimum absolute atomic E-state index is 0.148. The highest BCUT2D eigenvalue weighted by Gasteiger charge is 2.15. The topological polar surface area (TPSA) is 44.1 Å². The Morgan fingerprint density at radius 3 is 2.32 bits per heavy atom. The summed E-state index contributed by atoms with van der Waals surface area (Å²) in [4.78, 5) is 14.4. The van der Waals surface area contributed by atoms with E-state index in [4.69, 9.17) is 5.26 Å². The van der Waals surface area contributed by atoms with Crippen molar-refractivity contribution in [3.63, 3.8) is 0 Å². The first kappa shape index (κ1) is 15.4. The van der Waals surface area contributed by atoms with E-state index < -0.39 is 0 Å². The van der Waals surface area contributed by atoms with Gasteiger partial charge in [0.1, 0.15) is 0 Å². The van der Waals surface area contributed by atoms with Gasteiger partial charge in [0.05, 0.1) is 12.6 Å². The van der Waals surface area contributed by atoms with Gasteiger partial charge in [0.15, 0.2) is 5.78 Å². The molecule has 0 N–H and O–H groups in total. The van der Waals surface area contributed by atoms with Crippen LogP contribution < -0.4 is 0 Å². The Morgan fingerprint density at radius 2 is 1.84 bits per heavy atom. The molecule has 1 aromatic rings. The number of benzene rings is 1. The SMILES string of the molecule is CCN(CCC#N)CC(=O)c1c(C)cc(C)cc1C. The lowest BCUT2D eigenvalue weighted by molar-refractivity contribution is 0.0934. The summed E-state index contributed by atoms with van der Waals surface area (Å²) in [6.45, 7) is 9.86. The second-order valence-corrected chi connectivity index (χ2v) is 4.97. The standard InChI is InChI=1S/C16H22N2O/c1-5-18(8-6-7-17)11-15(19)16-13(3)9-12(2)10-14(16)4/h9-10H,5-6,8,11H2,1-4H3. The fourth-order valence-corrected chi connectivity index (χ4v) is 2.46. The number of rotatable bonds is 6. The van der Waals surface area contributed by atoms with Crippen molar-refractivity contribution < 1.29 is 4.79 Å². The molecule has 3 heteroatoms. The average molecular weight is 258 g/mol. The number of hydrogen-bond acceptors (Lipinski definition) is 3. The van der Waals surface area contributed by atoms with Crippen molar-refractivity contribution in [3.8, 4) is 6.07 Å². The van der Waals surface area contributed by atoms with Gasteiger partial charge >= 0.3 is 0 Å². The first-order valence-electron chi connectivity index (χ1n) is 6.70. The maximum atomic E-state index is 12.4. The number of nitriles is 1. The van der Waals surface area contributed by atoms with Crippen LogP contribution in [0.2, 0.25) is 0 Å². The minimum Gasteiger partial charge on any atom is -0.295 e. The molecule has 0 aliphatic rings. The largest absolute Gasteiger partial charge is 0.295 e. The summed E-state index contributed by atoms with van der Waals surface area (Å²) in [5.74, 6) is 0.148. The number of Topliss-reactive ketones (excluding diaryl/α,β-unsaturated/α-hetero) is 1. The highest BCUT2D eigenvalue weighted by molar-refractivity contribution is 6.00. The molecule has 0 aliphatic carbocycles. The van der Waals surface area contributed by atoms with E-state index in [-0.39, 0.29) is 5.78 Å². The number of nitrogens with zero attached hydrogens (tertiary/aromatic N) is 2. The van der Waals surface area contributed by atoms with Crippen molar-refractivity contribution in [2.45, 2.75) is 34.1 Å². The summed E-state index contributed by atoms with van der Waals surface area (Å²) in [5, 5.41) is 8.62. The summed E-state index contributed by atoms with van der Waals surface area (Å²) in [6, 6.07) is 6.22. The van der Waals surface area contributed by atoms with Crippen LogP contribution in [0.1, 0.15) is 40.4 Å². The molecule has 0 amide bonds. The molecule has 0 unspecified atom stereocenters. The van der Waals surface area contributed by atoms with Crippen molar-refractivity contribution in [2.24, 2.45) is 0 Å². The highest BCUT2D eigenvalue weighted by Crippen LogP contribution is 2.17. The highest BCUT2D eigenvalue weighted by atomic mass is 16.1. The lowest BCUT2D eigenvalue weighted by Gasteiger charge is -2.19. The van der Waals surface area contributed by atoms with Gasteiger partial charge in [-0.15, -0.1) is 0 Å². The molecule has 0 bridgehead atoms. The quantitative estimate of drug-likeness (QED) is 0.737. The Balaban J connectivity index is 2.86. The number of hydrogen-bond donors (Lipinski definition) is 0. The van der Waals surface area contributed by atoms with E-state index in [0.29, 0.717) is 19.5 Å². The summed E-state index contributed by atoms with van der Waals surface area (Å²) in [7, 11) is 0. The van der Waals surface area contributed by atoms with E-state index in [0.717, 1.165) is 23.2 Å². The molecule has 0 saturated carbocycles. The number of likely N-dealkylation sites (N-methyl/N-ethyl adjacent to an activating group) is 1. The zero-order chi connectivity index (χ0) is 14.4. The molecule has 0 heterocycles. The normalized spacial score (nSPS) is 10.5. The molecule has 1 rings (SSSR count). The number of carbonyl (C=O) groups is 1. The lowest BCUT2D eigenvalue weighted by atomic mass is 9.96. The van der Waals surface area contributed by atoms with Gasteiger partial charge in [0.25, 0.3) is 0 Å². The van der Waals surface area contributed by atoms with Crippen LogP contribution >= 0.6 is 0 Å². The maximum absolute atomic E-state index is 12.4. The van der Waals surface area contributed by atoms with Crippen molar-refractivity contribution in [1.82, 2.24) is 4.90 Å². The average Bonchev–Trinajstić information content (AvgIpc) is 2.33. The number of carbonyl (C=O) groups excluding carboxylic acids is 1. The van der Waals surface area contributed by atoms with Gasteiger partial charge in [-0.3, -0.25) is 9.69 Å². The molecule has 0 fully saturated rings. The van der Waals surface area contributed by atoms with Crippen LogP contribution in [0, 0.1) is 32.1 Å². The summed E-state index contributed by atoms with van der Waals surface area (Å²) in [5.41, 5.74) is 4.10. The first-order valence-corrected chi connectivity index (χ1v) is 6.70. The van der Waals surface area contributed by atoms with Gasteiger partial charge in [0.2, 0.25) is 0 Å². The van der Waals surface area contributed by atoms with Crippen molar-refractivity contribution >= 4 is 5.78 Å². The third kappa shape index (κ3) is 4.18. The zero-order valence-corrected chi connectivity index (χ0v) is 12.3. The summed E-state index contributed by atoms with van der Waals surface area (Å²) >= 11 is 0. The number of aryl methyl sites for hydroxylation is 3. The van der Waals surface area contributed by atoms with Gasteiger partial charge in [-0.1, -0.05) is 24.6 Å². The van der Waals surface area contributed by atoms with E-state index >= 15 is 0 Å². The van der Waals surface area contributed by atoms with E-state index in [1.54, 1.807) is 0 Å². The molecule has 0 spiro atoms. The smallest absolute Gasteiger partial charge is 0.177 e. The molecule has 0 atom stereocenters. The third-order valence-electron chi connectivity index (χ3n) is 3.31. The van der Waals surface area contributed by atoms with Gasteiger partial charge in [-0.2, -0.15) is 5.26 Å². The van der Waals surface area contributed by atoms with Crippen molar-refractivity contribution in [3.05, 3.63) is 34.4 Å². The number of ketones is 1. The predicted molar refractivity (Wildman–Crippen MR) is 77.3 cm³/mol. The van der Waals surface area contributed by atoms with E-state index in [9.17, 15) is 4.79 Å². The summed E-state index contributed by atoms with van der Waals surface area (Å²) in [6.07, 6.45) is 0.465. The molecule has 19 heavy (non-hydrogen) atoms. The maximum Gasteiger partial charge on any atom is 0.177 e. The second-order valence-electron chi connectivity index (χ2n) is 4.97. The Hall–Kier alpha value is -1.66. The molecule has 0 radical (unpaired) electrons. The van der Waals surface area contributed by atoms with Crippen molar-refractivity contribution in [1.29, 1.82) is 5.26 Å². The molecular weight excluding hydrogens is 236 g/mol. The molecule has 3 nitrogen and oxygen atoms in total.